The summed E-state index contributed by atoms with van der Waals surface area (Å²) in [6.07, 6.45) is 0.900. The van der Waals surface area contributed by atoms with Crippen molar-refractivity contribution >= 4 is 33.8 Å². The maximum absolute atomic E-state index is 6.05. The first-order chi connectivity index (χ1) is 10.2. The van der Waals surface area contributed by atoms with Crippen molar-refractivity contribution in [3.8, 4) is 0 Å². The Morgan fingerprint density at radius 1 is 1.10 bits per heavy atom. The lowest BCUT2D eigenvalue weighted by Crippen LogP contribution is -1.92. The van der Waals surface area contributed by atoms with Crippen LogP contribution in [0.1, 0.15) is 16.7 Å². The summed E-state index contributed by atoms with van der Waals surface area (Å²) in [6, 6.07) is 14.5. The van der Waals surface area contributed by atoms with Crippen LogP contribution in [0.3, 0.4) is 0 Å². The van der Waals surface area contributed by atoms with Crippen LogP contribution in [0.15, 0.2) is 48.0 Å². The summed E-state index contributed by atoms with van der Waals surface area (Å²) in [4.78, 5) is 0. The molecule has 5 heteroatoms. The van der Waals surface area contributed by atoms with E-state index in [0.717, 1.165) is 27.8 Å². The molecule has 3 nitrogen and oxygen atoms in total. The topological polar surface area (TPSA) is 37.8 Å². The number of hydrogen-bond acceptors (Lipinski definition) is 4. The zero-order valence-electron chi connectivity index (χ0n) is 11.5. The van der Waals surface area contributed by atoms with Crippen LogP contribution >= 0.6 is 22.9 Å². The van der Waals surface area contributed by atoms with Crippen LogP contribution < -0.4 is 5.32 Å². The van der Waals surface area contributed by atoms with Gasteiger partial charge in [-0.2, -0.15) is 0 Å². The Bertz CT molecular complexity index is 724. The van der Waals surface area contributed by atoms with Crippen molar-refractivity contribution < 1.29 is 0 Å². The summed E-state index contributed by atoms with van der Waals surface area (Å²) < 4.78 is 0. The van der Waals surface area contributed by atoms with Crippen LogP contribution in [0.4, 0.5) is 10.8 Å². The fraction of sp³-hybridized carbons (Fsp3) is 0.125. The summed E-state index contributed by atoms with van der Waals surface area (Å²) >= 11 is 7.54. The lowest BCUT2D eigenvalue weighted by molar-refractivity contribution is 1.09. The predicted molar refractivity (Wildman–Crippen MR) is 88.6 cm³/mol. The summed E-state index contributed by atoms with van der Waals surface area (Å²) in [5.41, 5.74) is 6.37. The average molecular weight is 316 g/mol. The lowest BCUT2D eigenvalue weighted by atomic mass is 10.0. The Hall–Kier alpha value is -1.91. The van der Waals surface area contributed by atoms with Crippen LogP contribution in [0.5, 0.6) is 0 Å². The standard InChI is InChI=1S/C16H14ClN3S/c1-11-8-13(4-7-15(11)17)9-12-2-5-14(6-3-12)19-16-20-18-10-21-16/h2-8,10H,9H2,1H3,(H,19,20). The van der Waals surface area contributed by atoms with Crippen molar-refractivity contribution in [2.75, 3.05) is 5.32 Å². The second kappa shape index (κ2) is 6.24. The fourth-order valence-electron chi connectivity index (χ4n) is 2.11. The third-order valence-electron chi connectivity index (χ3n) is 3.20. The van der Waals surface area contributed by atoms with Gasteiger partial charge in [0.1, 0.15) is 5.51 Å². The van der Waals surface area contributed by atoms with E-state index in [-0.39, 0.29) is 0 Å². The van der Waals surface area contributed by atoms with Crippen LogP contribution in [0, 0.1) is 6.92 Å². The summed E-state index contributed by atoms with van der Waals surface area (Å²) in [6.45, 7) is 2.03. The van der Waals surface area contributed by atoms with Crippen molar-refractivity contribution in [2.45, 2.75) is 13.3 Å². The zero-order valence-corrected chi connectivity index (χ0v) is 13.1. The first kappa shape index (κ1) is 14.0. The van der Waals surface area contributed by atoms with Gasteiger partial charge in [-0.15, -0.1) is 10.2 Å². The molecule has 1 N–H and O–H groups in total. The van der Waals surface area contributed by atoms with E-state index in [0.29, 0.717) is 0 Å². The Morgan fingerprint density at radius 2 is 1.86 bits per heavy atom. The molecule has 0 amide bonds. The molecular formula is C16H14ClN3S. The monoisotopic (exact) mass is 315 g/mol. The molecule has 0 saturated carbocycles. The molecule has 3 rings (SSSR count). The van der Waals surface area contributed by atoms with Gasteiger partial charge in [0, 0.05) is 10.7 Å². The van der Waals surface area contributed by atoms with Crippen LogP contribution in [0.2, 0.25) is 5.02 Å². The van der Waals surface area contributed by atoms with Gasteiger partial charge in [0.2, 0.25) is 5.13 Å². The smallest absolute Gasteiger partial charge is 0.209 e. The Morgan fingerprint density at radius 3 is 2.52 bits per heavy atom. The number of anilines is 2. The van der Waals surface area contributed by atoms with Gasteiger partial charge in [-0.1, -0.05) is 47.2 Å². The largest absolute Gasteiger partial charge is 0.330 e. The van der Waals surface area contributed by atoms with Gasteiger partial charge < -0.3 is 5.32 Å². The molecule has 0 aliphatic heterocycles. The molecule has 0 saturated heterocycles. The molecule has 0 aliphatic rings. The molecule has 0 fully saturated rings. The molecule has 21 heavy (non-hydrogen) atoms. The van der Waals surface area contributed by atoms with Crippen molar-refractivity contribution in [3.05, 3.63) is 69.7 Å². The van der Waals surface area contributed by atoms with Gasteiger partial charge in [0.05, 0.1) is 0 Å². The van der Waals surface area contributed by atoms with Crippen LogP contribution in [0.25, 0.3) is 0 Å². The second-order valence-corrected chi connectivity index (χ2v) is 6.07. The molecule has 0 bridgehead atoms. The fourth-order valence-corrected chi connectivity index (χ4v) is 2.69. The Kier molecular flexibility index (Phi) is 4.18. The molecule has 1 heterocycles. The minimum absolute atomic E-state index is 0.802. The molecule has 1 aromatic heterocycles. The molecule has 3 aromatic rings. The average Bonchev–Trinajstić information content (AvgIpc) is 2.98. The van der Waals surface area contributed by atoms with Gasteiger partial charge in [0.25, 0.3) is 0 Å². The SMILES string of the molecule is Cc1cc(Cc2ccc(Nc3nncs3)cc2)ccc1Cl. The van der Waals surface area contributed by atoms with Gasteiger partial charge in [-0.25, -0.2) is 0 Å². The highest BCUT2D eigenvalue weighted by molar-refractivity contribution is 7.13. The molecule has 0 radical (unpaired) electrons. The number of rotatable bonds is 4. The quantitative estimate of drug-likeness (QED) is 0.749. The normalized spacial score (nSPS) is 10.6. The first-order valence-electron chi connectivity index (χ1n) is 6.58. The minimum Gasteiger partial charge on any atom is -0.330 e. The highest BCUT2D eigenvalue weighted by atomic mass is 35.5. The Labute approximate surface area is 132 Å². The van der Waals surface area contributed by atoms with E-state index in [4.69, 9.17) is 11.6 Å². The van der Waals surface area contributed by atoms with Crippen molar-refractivity contribution in [3.63, 3.8) is 0 Å². The maximum Gasteiger partial charge on any atom is 0.209 e. The van der Waals surface area contributed by atoms with Crippen molar-refractivity contribution in [2.24, 2.45) is 0 Å². The number of aromatic nitrogens is 2. The van der Waals surface area contributed by atoms with Crippen LogP contribution in [-0.2, 0) is 6.42 Å². The maximum atomic E-state index is 6.05. The summed E-state index contributed by atoms with van der Waals surface area (Å²) in [7, 11) is 0. The predicted octanol–water partition coefficient (Wildman–Crippen LogP) is 4.83. The van der Waals surface area contributed by atoms with Gasteiger partial charge in [-0.05, 0) is 48.2 Å². The molecule has 2 aromatic carbocycles. The van der Waals surface area contributed by atoms with E-state index in [1.807, 2.05) is 13.0 Å². The van der Waals surface area contributed by atoms with E-state index in [9.17, 15) is 0 Å². The third kappa shape index (κ3) is 3.60. The number of halogens is 1. The number of hydrogen-bond donors (Lipinski definition) is 1. The zero-order chi connectivity index (χ0) is 14.7. The highest BCUT2D eigenvalue weighted by Gasteiger charge is 2.01. The van der Waals surface area contributed by atoms with Gasteiger partial charge in [0.15, 0.2) is 0 Å². The summed E-state index contributed by atoms with van der Waals surface area (Å²) in [5, 5.41) is 12.6. The number of nitrogens with zero attached hydrogens (tertiary/aromatic N) is 2. The van der Waals surface area contributed by atoms with Gasteiger partial charge in [-0.3, -0.25) is 0 Å². The van der Waals surface area contributed by atoms with E-state index >= 15 is 0 Å². The summed E-state index contributed by atoms with van der Waals surface area (Å²) in [5.74, 6) is 0. The van der Waals surface area contributed by atoms with E-state index in [1.165, 1.54) is 22.5 Å². The number of nitrogens with one attached hydrogen (secondary N) is 1. The molecule has 0 spiro atoms. The van der Waals surface area contributed by atoms with Gasteiger partial charge >= 0.3 is 0 Å². The second-order valence-electron chi connectivity index (χ2n) is 4.83. The van der Waals surface area contributed by atoms with E-state index in [1.54, 1.807) is 5.51 Å². The van der Waals surface area contributed by atoms with E-state index in [2.05, 4.69) is 51.9 Å². The van der Waals surface area contributed by atoms with Crippen molar-refractivity contribution in [1.82, 2.24) is 10.2 Å². The minimum atomic E-state index is 0.802. The molecule has 106 valence electrons. The number of benzene rings is 2. The number of aryl methyl sites for hydroxylation is 1. The molecular weight excluding hydrogens is 302 g/mol. The lowest BCUT2D eigenvalue weighted by Gasteiger charge is -2.06. The molecule has 0 atom stereocenters. The highest BCUT2D eigenvalue weighted by Crippen LogP contribution is 2.21. The van der Waals surface area contributed by atoms with Crippen LogP contribution in [-0.4, -0.2) is 10.2 Å². The first-order valence-corrected chi connectivity index (χ1v) is 7.83. The van der Waals surface area contributed by atoms with Crippen molar-refractivity contribution in [1.29, 1.82) is 0 Å². The van der Waals surface area contributed by atoms with E-state index < -0.39 is 0 Å². The molecule has 0 unspecified atom stereocenters. The third-order valence-corrected chi connectivity index (χ3v) is 4.23. The Balaban J connectivity index is 1.70. The molecule has 0 aliphatic carbocycles.